The van der Waals surface area contributed by atoms with Crippen LogP contribution in [0.3, 0.4) is 0 Å². The fourth-order valence-electron chi connectivity index (χ4n) is 2.28. The molecule has 1 unspecified atom stereocenters. The number of nitrogens with one attached hydrogen (secondary N) is 1. The third kappa shape index (κ3) is 6.76. The summed E-state index contributed by atoms with van der Waals surface area (Å²) in [6.07, 6.45) is 9.40. The van der Waals surface area contributed by atoms with Crippen molar-refractivity contribution >= 4 is 0 Å². The Morgan fingerprint density at radius 2 is 2.11 bits per heavy atom. The molecule has 1 atom stereocenters. The minimum Gasteiger partial charge on any atom is -0.312 e. The fourth-order valence-corrected chi connectivity index (χ4v) is 2.28. The quantitative estimate of drug-likeness (QED) is 0.696. The lowest BCUT2D eigenvalue weighted by molar-refractivity contribution is 0.372. The van der Waals surface area contributed by atoms with E-state index < -0.39 is 0 Å². The summed E-state index contributed by atoms with van der Waals surface area (Å²) >= 11 is 0. The monoisotopic (exact) mass is 265 g/mol. The van der Waals surface area contributed by atoms with Crippen molar-refractivity contribution in [1.82, 2.24) is 15.1 Å². The molecule has 3 heteroatoms. The molecular formula is C16H31N3. The first-order valence-electron chi connectivity index (χ1n) is 7.87. The van der Waals surface area contributed by atoms with Crippen LogP contribution in [-0.2, 0) is 13.1 Å². The van der Waals surface area contributed by atoms with Crippen LogP contribution < -0.4 is 5.32 Å². The number of hydrogen-bond acceptors (Lipinski definition) is 2. The minimum atomic E-state index is 0.702. The summed E-state index contributed by atoms with van der Waals surface area (Å²) in [5, 5.41) is 7.95. The van der Waals surface area contributed by atoms with Crippen molar-refractivity contribution in [2.24, 2.45) is 11.8 Å². The molecule has 3 nitrogen and oxygen atoms in total. The van der Waals surface area contributed by atoms with E-state index in [1.54, 1.807) is 0 Å². The van der Waals surface area contributed by atoms with E-state index >= 15 is 0 Å². The average molecular weight is 265 g/mol. The first-order valence-corrected chi connectivity index (χ1v) is 7.87. The van der Waals surface area contributed by atoms with Gasteiger partial charge in [0.2, 0.25) is 0 Å². The molecule has 0 radical (unpaired) electrons. The van der Waals surface area contributed by atoms with Crippen molar-refractivity contribution in [3.05, 3.63) is 18.0 Å². The maximum absolute atomic E-state index is 4.49. The molecule has 110 valence electrons. The van der Waals surface area contributed by atoms with Crippen LogP contribution in [0.25, 0.3) is 0 Å². The molecular weight excluding hydrogens is 234 g/mol. The van der Waals surface area contributed by atoms with Crippen LogP contribution in [0.2, 0.25) is 0 Å². The van der Waals surface area contributed by atoms with Gasteiger partial charge in [-0.05, 0) is 24.8 Å². The van der Waals surface area contributed by atoms with Crippen LogP contribution in [-0.4, -0.2) is 16.3 Å². The van der Waals surface area contributed by atoms with Crippen LogP contribution in [0.5, 0.6) is 0 Å². The first-order chi connectivity index (χ1) is 9.15. The van der Waals surface area contributed by atoms with E-state index in [9.17, 15) is 0 Å². The van der Waals surface area contributed by atoms with Crippen LogP contribution in [0.1, 0.15) is 58.9 Å². The largest absolute Gasteiger partial charge is 0.312 e. The van der Waals surface area contributed by atoms with Crippen LogP contribution >= 0.6 is 0 Å². The molecule has 0 saturated heterocycles. The van der Waals surface area contributed by atoms with Gasteiger partial charge in [-0.3, -0.25) is 4.68 Å². The lowest BCUT2D eigenvalue weighted by Crippen LogP contribution is -2.18. The second-order valence-corrected chi connectivity index (χ2v) is 6.01. The second kappa shape index (κ2) is 9.13. The second-order valence-electron chi connectivity index (χ2n) is 6.01. The van der Waals surface area contributed by atoms with Crippen molar-refractivity contribution in [2.75, 3.05) is 6.54 Å². The molecule has 1 heterocycles. The Kier molecular flexibility index (Phi) is 7.80. The van der Waals surface area contributed by atoms with Gasteiger partial charge in [0.1, 0.15) is 0 Å². The van der Waals surface area contributed by atoms with Crippen LogP contribution in [0.15, 0.2) is 12.4 Å². The number of nitrogens with zero attached hydrogens (tertiary/aromatic N) is 2. The Bertz CT molecular complexity index is 330. The first kappa shape index (κ1) is 16.2. The third-order valence-corrected chi connectivity index (χ3v) is 3.56. The van der Waals surface area contributed by atoms with Gasteiger partial charge in [-0.25, -0.2) is 0 Å². The van der Waals surface area contributed by atoms with Gasteiger partial charge in [-0.1, -0.05) is 47.0 Å². The van der Waals surface area contributed by atoms with Gasteiger partial charge in [-0.2, -0.15) is 5.10 Å². The molecule has 0 amide bonds. The minimum absolute atomic E-state index is 0.702. The highest BCUT2D eigenvalue weighted by Crippen LogP contribution is 2.15. The predicted octanol–water partition coefficient (Wildman–Crippen LogP) is 3.85. The van der Waals surface area contributed by atoms with Gasteiger partial charge in [0.15, 0.2) is 0 Å². The molecule has 0 aromatic carbocycles. The van der Waals surface area contributed by atoms with E-state index in [1.165, 1.54) is 31.2 Å². The highest BCUT2D eigenvalue weighted by molar-refractivity contribution is 5.03. The SMILES string of the molecule is CCCCC(CC)Cn1cc(CNCC(C)C)cn1. The zero-order valence-electron chi connectivity index (χ0n) is 13.2. The Morgan fingerprint density at radius 3 is 2.74 bits per heavy atom. The summed E-state index contributed by atoms with van der Waals surface area (Å²) in [6.45, 7) is 12.1. The van der Waals surface area contributed by atoms with Crippen LogP contribution in [0, 0.1) is 11.8 Å². The topological polar surface area (TPSA) is 29.9 Å². The number of rotatable bonds is 10. The summed E-state index contributed by atoms with van der Waals surface area (Å²) in [7, 11) is 0. The van der Waals surface area contributed by atoms with E-state index in [0.29, 0.717) is 5.92 Å². The van der Waals surface area contributed by atoms with Crippen molar-refractivity contribution in [3.63, 3.8) is 0 Å². The molecule has 0 fully saturated rings. The highest BCUT2D eigenvalue weighted by Gasteiger charge is 2.08. The van der Waals surface area contributed by atoms with Crippen LogP contribution in [0.4, 0.5) is 0 Å². The lowest BCUT2D eigenvalue weighted by Gasteiger charge is -2.14. The summed E-state index contributed by atoms with van der Waals surface area (Å²) in [5.41, 5.74) is 1.30. The molecule has 1 aromatic rings. The van der Waals surface area contributed by atoms with E-state index in [1.807, 2.05) is 6.20 Å². The maximum Gasteiger partial charge on any atom is 0.0534 e. The molecule has 0 saturated carbocycles. The van der Waals surface area contributed by atoms with E-state index in [2.05, 4.69) is 49.0 Å². The summed E-state index contributed by atoms with van der Waals surface area (Å²) in [4.78, 5) is 0. The molecule has 1 N–H and O–H groups in total. The Labute approximate surface area is 118 Å². The molecule has 0 aliphatic carbocycles. The van der Waals surface area contributed by atoms with Gasteiger partial charge in [0, 0.05) is 24.8 Å². The van der Waals surface area contributed by atoms with E-state index in [0.717, 1.165) is 25.6 Å². The van der Waals surface area contributed by atoms with Gasteiger partial charge in [0.25, 0.3) is 0 Å². The maximum atomic E-state index is 4.49. The molecule has 0 aliphatic heterocycles. The third-order valence-electron chi connectivity index (χ3n) is 3.56. The van der Waals surface area contributed by atoms with E-state index in [-0.39, 0.29) is 0 Å². The number of hydrogen-bond donors (Lipinski definition) is 1. The predicted molar refractivity (Wildman–Crippen MR) is 82.1 cm³/mol. The van der Waals surface area contributed by atoms with Crippen molar-refractivity contribution in [3.8, 4) is 0 Å². The van der Waals surface area contributed by atoms with Crippen molar-refractivity contribution in [2.45, 2.75) is 66.5 Å². The van der Waals surface area contributed by atoms with Gasteiger partial charge >= 0.3 is 0 Å². The van der Waals surface area contributed by atoms with E-state index in [4.69, 9.17) is 0 Å². The highest BCUT2D eigenvalue weighted by atomic mass is 15.3. The summed E-state index contributed by atoms with van der Waals surface area (Å²) < 4.78 is 2.12. The number of unbranched alkanes of at least 4 members (excludes halogenated alkanes) is 1. The average Bonchev–Trinajstić information content (AvgIpc) is 2.81. The summed E-state index contributed by atoms with van der Waals surface area (Å²) in [6, 6.07) is 0. The van der Waals surface area contributed by atoms with Crippen molar-refractivity contribution < 1.29 is 0 Å². The molecule has 0 spiro atoms. The normalized spacial score (nSPS) is 13.1. The molecule has 1 rings (SSSR count). The Morgan fingerprint density at radius 1 is 1.32 bits per heavy atom. The van der Waals surface area contributed by atoms with Gasteiger partial charge in [-0.15, -0.1) is 0 Å². The van der Waals surface area contributed by atoms with Crippen molar-refractivity contribution in [1.29, 1.82) is 0 Å². The Hall–Kier alpha value is -0.830. The molecule has 0 bridgehead atoms. The molecule has 0 aliphatic rings. The standard InChI is InChI=1S/C16H31N3/c1-5-7-8-15(6-2)12-19-13-16(11-18-19)10-17-9-14(3)4/h11,13-15,17H,5-10,12H2,1-4H3. The number of aromatic nitrogens is 2. The summed E-state index contributed by atoms with van der Waals surface area (Å²) in [5.74, 6) is 1.48. The van der Waals surface area contributed by atoms with Gasteiger partial charge in [0.05, 0.1) is 6.20 Å². The zero-order valence-corrected chi connectivity index (χ0v) is 13.2. The zero-order chi connectivity index (χ0) is 14.1. The van der Waals surface area contributed by atoms with Gasteiger partial charge < -0.3 is 5.32 Å². The smallest absolute Gasteiger partial charge is 0.0534 e. The Balaban J connectivity index is 2.36. The lowest BCUT2D eigenvalue weighted by atomic mass is 9.99. The molecule has 19 heavy (non-hydrogen) atoms. The fraction of sp³-hybridized carbons (Fsp3) is 0.812. The molecule has 1 aromatic heterocycles.